The molecule has 0 aliphatic rings. The number of hydrogen-bond acceptors (Lipinski definition) is 4. The molecule has 0 bridgehead atoms. The van der Waals surface area contributed by atoms with E-state index in [1.54, 1.807) is 0 Å². The molecule has 1 aromatic carbocycles. The lowest BCUT2D eigenvalue weighted by molar-refractivity contribution is 0.223. The van der Waals surface area contributed by atoms with Crippen molar-refractivity contribution in [2.24, 2.45) is 5.16 Å². The van der Waals surface area contributed by atoms with Crippen LogP contribution in [0, 0.1) is 0 Å². The van der Waals surface area contributed by atoms with Crippen molar-refractivity contribution in [1.29, 1.82) is 0 Å². The summed E-state index contributed by atoms with van der Waals surface area (Å²) in [5.74, 6) is 0.851. The monoisotopic (exact) mass is 264 g/mol. The minimum atomic E-state index is 0.690. The number of oxime groups is 1. The molecule has 0 aliphatic carbocycles. The highest BCUT2D eigenvalue weighted by molar-refractivity contribution is 6.00. The van der Waals surface area contributed by atoms with E-state index in [0.29, 0.717) is 18.7 Å². The van der Waals surface area contributed by atoms with Gasteiger partial charge in [-0.15, -0.1) is 0 Å². The Morgan fingerprint density at radius 1 is 1.16 bits per heavy atom. The molecule has 0 fully saturated rings. The molecule has 0 saturated carbocycles. The summed E-state index contributed by atoms with van der Waals surface area (Å²) in [4.78, 5) is 2.32. The van der Waals surface area contributed by atoms with Gasteiger partial charge in [0.1, 0.15) is 12.4 Å². The second-order valence-corrected chi connectivity index (χ2v) is 4.30. The molecule has 0 unspecified atom stereocenters. The summed E-state index contributed by atoms with van der Waals surface area (Å²) in [6.07, 6.45) is 0.707. The van der Waals surface area contributed by atoms with Gasteiger partial charge in [0.2, 0.25) is 0 Å². The summed E-state index contributed by atoms with van der Waals surface area (Å²) in [6, 6.07) is 7.67. The fraction of sp³-hybridized carbons (Fsp3) is 0.533. The minimum absolute atomic E-state index is 0.690. The highest BCUT2D eigenvalue weighted by Crippen LogP contribution is 2.13. The largest absolute Gasteiger partial charge is 0.492 e. The lowest BCUT2D eigenvalue weighted by Gasteiger charge is -2.18. The van der Waals surface area contributed by atoms with Crippen LogP contribution in [0.1, 0.15) is 32.8 Å². The maximum atomic E-state index is 8.86. The molecule has 0 amide bonds. The fourth-order valence-corrected chi connectivity index (χ4v) is 1.91. The van der Waals surface area contributed by atoms with Gasteiger partial charge >= 0.3 is 0 Å². The van der Waals surface area contributed by atoms with Crippen LogP contribution in [0.4, 0.5) is 0 Å². The van der Waals surface area contributed by atoms with Gasteiger partial charge in [0.15, 0.2) is 0 Å². The van der Waals surface area contributed by atoms with Crippen molar-refractivity contribution >= 4 is 5.71 Å². The molecule has 0 radical (unpaired) electrons. The van der Waals surface area contributed by atoms with Gasteiger partial charge in [-0.25, -0.2) is 0 Å². The van der Waals surface area contributed by atoms with E-state index in [0.717, 1.165) is 30.9 Å². The standard InChI is InChI=1S/C15H24N2O2/c1-4-15(16-18)13-7-9-14(10-8-13)19-12-11-17(5-2)6-3/h7-10,18H,4-6,11-12H2,1-3H3/b16-15+. The third kappa shape index (κ3) is 4.91. The summed E-state index contributed by atoms with van der Waals surface area (Å²) in [6.45, 7) is 9.99. The van der Waals surface area contributed by atoms with Crippen molar-refractivity contribution < 1.29 is 9.94 Å². The Morgan fingerprint density at radius 2 is 1.79 bits per heavy atom. The molecule has 4 nitrogen and oxygen atoms in total. The van der Waals surface area contributed by atoms with E-state index in [1.807, 2.05) is 31.2 Å². The number of ether oxygens (including phenoxy) is 1. The van der Waals surface area contributed by atoms with Gasteiger partial charge in [0, 0.05) is 6.54 Å². The molecule has 0 saturated heterocycles. The van der Waals surface area contributed by atoms with Crippen LogP contribution in [0.15, 0.2) is 29.4 Å². The first-order valence-corrected chi connectivity index (χ1v) is 6.91. The first-order valence-electron chi connectivity index (χ1n) is 6.91. The fourth-order valence-electron chi connectivity index (χ4n) is 1.91. The van der Waals surface area contributed by atoms with Crippen LogP contribution in [0.25, 0.3) is 0 Å². The number of hydrogen-bond donors (Lipinski definition) is 1. The topological polar surface area (TPSA) is 45.1 Å². The van der Waals surface area contributed by atoms with Crippen molar-refractivity contribution in [1.82, 2.24) is 4.90 Å². The SMILES string of the molecule is CC/C(=N\O)c1ccc(OCCN(CC)CC)cc1. The molecular formula is C15H24N2O2. The summed E-state index contributed by atoms with van der Waals surface area (Å²) < 4.78 is 5.70. The Bertz CT molecular complexity index is 384. The quantitative estimate of drug-likeness (QED) is 0.446. The molecule has 0 heterocycles. The third-order valence-electron chi connectivity index (χ3n) is 3.21. The summed E-state index contributed by atoms with van der Waals surface area (Å²) >= 11 is 0. The lowest BCUT2D eigenvalue weighted by atomic mass is 10.1. The van der Waals surface area contributed by atoms with Crippen molar-refractivity contribution in [3.63, 3.8) is 0 Å². The molecule has 0 spiro atoms. The zero-order valence-corrected chi connectivity index (χ0v) is 12.1. The van der Waals surface area contributed by atoms with E-state index in [1.165, 1.54) is 0 Å². The lowest BCUT2D eigenvalue weighted by Crippen LogP contribution is -2.27. The van der Waals surface area contributed by atoms with Gasteiger partial charge in [-0.2, -0.15) is 0 Å². The van der Waals surface area contributed by atoms with Crippen LogP contribution < -0.4 is 4.74 Å². The van der Waals surface area contributed by atoms with Crippen molar-refractivity contribution in [2.45, 2.75) is 27.2 Å². The zero-order valence-electron chi connectivity index (χ0n) is 12.1. The van der Waals surface area contributed by atoms with Crippen LogP contribution in [-0.2, 0) is 0 Å². The van der Waals surface area contributed by atoms with E-state index >= 15 is 0 Å². The van der Waals surface area contributed by atoms with Gasteiger partial charge in [-0.05, 0) is 49.3 Å². The van der Waals surface area contributed by atoms with Gasteiger partial charge < -0.3 is 14.8 Å². The molecule has 1 rings (SSSR count). The van der Waals surface area contributed by atoms with Crippen LogP contribution in [0.2, 0.25) is 0 Å². The summed E-state index contributed by atoms with van der Waals surface area (Å²) in [5.41, 5.74) is 1.62. The van der Waals surface area contributed by atoms with Gasteiger partial charge in [0.25, 0.3) is 0 Å². The average Bonchev–Trinajstić information content (AvgIpc) is 2.46. The molecule has 0 atom stereocenters. The highest BCUT2D eigenvalue weighted by atomic mass is 16.5. The smallest absolute Gasteiger partial charge is 0.119 e. The van der Waals surface area contributed by atoms with E-state index in [4.69, 9.17) is 9.94 Å². The summed E-state index contributed by atoms with van der Waals surface area (Å²) in [5, 5.41) is 12.1. The molecule has 19 heavy (non-hydrogen) atoms. The average molecular weight is 264 g/mol. The molecular weight excluding hydrogens is 240 g/mol. The molecule has 106 valence electrons. The predicted molar refractivity (Wildman–Crippen MR) is 78.3 cm³/mol. The maximum absolute atomic E-state index is 8.86. The van der Waals surface area contributed by atoms with Gasteiger partial charge in [-0.1, -0.05) is 25.9 Å². The van der Waals surface area contributed by atoms with Gasteiger partial charge in [0.05, 0.1) is 5.71 Å². The normalized spacial score (nSPS) is 11.9. The van der Waals surface area contributed by atoms with Crippen LogP contribution >= 0.6 is 0 Å². The molecule has 1 aromatic rings. The Morgan fingerprint density at radius 3 is 2.26 bits per heavy atom. The van der Waals surface area contributed by atoms with Crippen molar-refractivity contribution in [3.05, 3.63) is 29.8 Å². The highest BCUT2D eigenvalue weighted by Gasteiger charge is 2.03. The van der Waals surface area contributed by atoms with Gasteiger partial charge in [-0.3, -0.25) is 0 Å². The maximum Gasteiger partial charge on any atom is 0.119 e. The Balaban J connectivity index is 2.49. The number of nitrogens with zero attached hydrogens (tertiary/aromatic N) is 2. The first kappa shape index (κ1) is 15.5. The Labute approximate surface area is 115 Å². The second-order valence-electron chi connectivity index (χ2n) is 4.30. The number of likely N-dealkylation sites (N-methyl/N-ethyl adjacent to an activating group) is 1. The van der Waals surface area contributed by atoms with Crippen molar-refractivity contribution in [3.8, 4) is 5.75 Å². The second kappa shape index (κ2) is 8.53. The van der Waals surface area contributed by atoms with E-state index < -0.39 is 0 Å². The molecule has 1 N–H and O–H groups in total. The van der Waals surface area contributed by atoms with Crippen LogP contribution in [0.5, 0.6) is 5.75 Å². The molecule has 4 heteroatoms. The van der Waals surface area contributed by atoms with E-state index in [9.17, 15) is 0 Å². The molecule has 0 aliphatic heterocycles. The van der Waals surface area contributed by atoms with E-state index in [2.05, 4.69) is 23.9 Å². The minimum Gasteiger partial charge on any atom is -0.492 e. The van der Waals surface area contributed by atoms with Crippen LogP contribution in [-0.4, -0.2) is 42.1 Å². The first-order chi connectivity index (χ1) is 9.24. The summed E-state index contributed by atoms with van der Waals surface area (Å²) in [7, 11) is 0. The third-order valence-corrected chi connectivity index (χ3v) is 3.21. The van der Waals surface area contributed by atoms with Crippen LogP contribution in [0.3, 0.4) is 0 Å². The van der Waals surface area contributed by atoms with Crippen molar-refractivity contribution in [2.75, 3.05) is 26.2 Å². The zero-order chi connectivity index (χ0) is 14.1. The number of benzene rings is 1. The predicted octanol–water partition coefficient (Wildman–Crippen LogP) is 3.00. The molecule has 0 aromatic heterocycles. The Kier molecular flexibility index (Phi) is 6.97. The Hall–Kier alpha value is -1.55. The van der Waals surface area contributed by atoms with E-state index in [-0.39, 0.29) is 0 Å². The number of rotatable bonds is 8.